The SMILES string of the molecule is O=C1C(=O)c2ccccc2C(O)=C1CC1=C(O)C(=O)[C@H]2C=CC=C[C@@H]2C1=O. The average molecular weight is 362 g/mol. The predicted molar refractivity (Wildman–Crippen MR) is 94.9 cm³/mol. The van der Waals surface area contributed by atoms with Crippen molar-refractivity contribution >= 4 is 28.9 Å². The minimum absolute atomic E-state index is 0.0772. The molecule has 134 valence electrons. The van der Waals surface area contributed by atoms with E-state index in [-0.39, 0.29) is 22.3 Å². The van der Waals surface area contributed by atoms with Crippen molar-refractivity contribution in [1.29, 1.82) is 0 Å². The van der Waals surface area contributed by atoms with Gasteiger partial charge in [0.2, 0.25) is 17.3 Å². The summed E-state index contributed by atoms with van der Waals surface area (Å²) >= 11 is 0. The first kappa shape index (κ1) is 16.9. The smallest absolute Gasteiger partial charge is 0.234 e. The van der Waals surface area contributed by atoms with E-state index in [9.17, 15) is 29.4 Å². The van der Waals surface area contributed by atoms with Gasteiger partial charge in [-0.05, 0) is 0 Å². The van der Waals surface area contributed by atoms with Crippen molar-refractivity contribution in [2.75, 3.05) is 0 Å². The number of Topliss-reactive ketones (excluding diaryl/α,β-unsaturated/α-hetero) is 4. The molecule has 1 aromatic carbocycles. The Morgan fingerprint density at radius 2 is 1.30 bits per heavy atom. The first-order valence-corrected chi connectivity index (χ1v) is 8.38. The molecule has 1 aromatic rings. The van der Waals surface area contributed by atoms with Gasteiger partial charge in [-0.3, -0.25) is 19.2 Å². The Kier molecular flexibility index (Phi) is 3.77. The van der Waals surface area contributed by atoms with Crippen molar-refractivity contribution in [1.82, 2.24) is 0 Å². The molecule has 4 rings (SSSR count). The fourth-order valence-corrected chi connectivity index (χ4v) is 3.66. The van der Waals surface area contributed by atoms with Gasteiger partial charge in [0, 0.05) is 23.1 Å². The maximum Gasteiger partial charge on any atom is 0.234 e. The maximum absolute atomic E-state index is 12.8. The summed E-state index contributed by atoms with van der Waals surface area (Å²) in [7, 11) is 0. The average Bonchev–Trinajstić information content (AvgIpc) is 2.70. The van der Waals surface area contributed by atoms with Crippen molar-refractivity contribution < 1.29 is 29.4 Å². The third-order valence-corrected chi connectivity index (χ3v) is 5.10. The topological polar surface area (TPSA) is 109 Å². The summed E-state index contributed by atoms with van der Waals surface area (Å²) in [5.41, 5.74) is -0.294. The highest BCUT2D eigenvalue weighted by Crippen LogP contribution is 2.37. The number of benzene rings is 1. The van der Waals surface area contributed by atoms with Crippen LogP contribution in [0.1, 0.15) is 22.3 Å². The third-order valence-electron chi connectivity index (χ3n) is 5.10. The van der Waals surface area contributed by atoms with E-state index in [4.69, 9.17) is 0 Å². The molecule has 2 N–H and O–H groups in total. The van der Waals surface area contributed by atoms with Gasteiger partial charge >= 0.3 is 0 Å². The van der Waals surface area contributed by atoms with Gasteiger partial charge in [0.05, 0.1) is 17.4 Å². The van der Waals surface area contributed by atoms with Gasteiger partial charge in [-0.25, -0.2) is 0 Å². The molecule has 0 aliphatic heterocycles. The molecule has 0 radical (unpaired) electrons. The molecule has 0 fully saturated rings. The summed E-state index contributed by atoms with van der Waals surface area (Å²) in [5.74, 6) is -5.56. The summed E-state index contributed by atoms with van der Waals surface area (Å²) in [6.07, 6.45) is 5.88. The number of rotatable bonds is 2. The molecule has 0 amide bonds. The van der Waals surface area contributed by atoms with Crippen LogP contribution >= 0.6 is 0 Å². The van der Waals surface area contributed by atoms with Gasteiger partial charge in [0.15, 0.2) is 11.5 Å². The second kappa shape index (κ2) is 6.02. The number of allylic oxidation sites excluding steroid dienone is 7. The summed E-state index contributed by atoms with van der Waals surface area (Å²) in [6.45, 7) is 0. The molecule has 27 heavy (non-hydrogen) atoms. The van der Waals surface area contributed by atoms with Crippen LogP contribution in [0.4, 0.5) is 0 Å². The standard InChI is InChI=1S/C21H14O6/c22-16-10-5-1-3-7-12(10)18(24)20(26)14(16)9-15-17(23)11-6-2-4-8-13(11)19(25)21(15)27/h1-8,10,12,23,26H,9H2/t10-,12-/m0/s1. The maximum atomic E-state index is 12.8. The number of carbonyl (C=O) groups excluding carboxylic acids is 4. The van der Waals surface area contributed by atoms with Gasteiger partial charge in [-0.1, -0.05) is 48.6 Å². The van der Waals surface area contributed by atoms with Gasteiger partial charge in [-0.15, -0.1) is 0 Å². The highest BCUT2D eigenvalue weighted by molar-refractivity contribution is 6.52. The summed E-state index contributed by atoms with van der Waals surface area (Å²) < 4.78 is 0. The zero-order valence-corrected chi connectivity index (χ0v) is 14.0. The molecular formula is C21H14O6. The lowest BCUT2D eigenvalue weighted by atomic mass is 9.73. The molecule has 6 nitrogen and oxygen atoms in total. The monoisotopic (exact) mass is 362 g/mol. The van der Waals surface area contributed by atoms with Gasteiger partial charge in [0.1, 0.15) is 5.76 Å². The molecule has 3 aliphatic rings. The summed E-state index contributed by atoms with van der Waals surface area (Å²) in [6, 6.07) is 6.09. The third kappa shape index (κ3) is 2.41. The lowest BCUT2D eigenvalue weighted by molar-refractivity contribution is -0.129. The number of ketones is 4. The first-order valence-electron chi connectivity index (χ1n) is 8.38. The molecule has 2 atom stereocenters. The van der Waals surface area contributed by atoms with Crippen LogP contribution in [-0.4, -0.2) is 33.3 Å². The van der Waals surface area contributed by atoms with E-state index in [0.29, 0.717) is 0 Å². The van der Waals surface area contributed by atoms with E-state index in [1.807, 2.05) is 0 Å². The Bertz CT molecular complexity index is 1050. The van der Waals surface area contributed by atoms with Crippen LogP contribution in [0, 0.1) is 11.8 Å². The van der Waals surface area contributed by atoms with Crippen LogP contribution in [-0.2, 0) is 14.4 Å². The molecule has 0 heterocycles. The second-order valence-electron chi connectivity index (χ2n) is 6.58. The van der Waals surface area contributed by atoms with Crippen LogP contribution in [0.25, 0.3) is 5.76 Å². The Labute approximate surface area is 153 Å². The zero-order chi connectivity index (χ0) is 19.3. The van der Waals surface area contributed by atoms with Crippen molar-refractivity contribution in [3.8, 4) is 0 Å². The predicted octanol–water partition coefficient (Wildman–Crippen LogP) is 2.43. The van der Waals surface area contributed by atoms with Crippen LogP contribution < -0.4 is 0 Å². The van der Waals surface area contributed by atoms with E-state index in [2.05, 4.69) is 0 Å². The van der Waals surface area contributed by atoms with E-state index < -0.39 is 52.9 Å². The highest BCUT2D eigenvalue weighted by atomic mass is 16.3. The molecule has 0 unspecified atom stereocenters. The number of aliphatic hydroxyl groups excluding tert-OH is 2. The van der Waals surface area contributed by atoms with E-state index in [1.165, 1.54) is 12.1 Å². The highest BCUT2D eigenvalue weighted by Gasteiger charge is 2.43. The Balaban J connectivity index is 1.80. The second-order valence-corrected chi connectivity index (χ2v) is 6.58. The van der Waals surface area contributed by atoms with Gasteiger partial charge < -0.3 is 10.2 Å². The van der Waals surface area contributed by atoms with Crippen LogP contribution in [0.15, 0.2) is 65.5 Å². The molecular weight excluding hydrogens is 348 g/mol. The van der Waals surface area contributed by atoms with Crippen LogP contribution in [0.5, 0.6) is 0 Å². The summed E-state index contributed by atoms with van der Waals surface area (Å²) in [5, 5.41) is 20.8. The van der Waals surface area contributed by atoms with E-state index in [1.54, 1.807) is 36.4 Å². The van der Waals surface area contributed by atoms with Crippen molar-refractivity contribution in [2.45, 2.75) is 6.42 Å². The lowest BCUT2D eigenvalue weighted by Crippen LogP contribution is -2.37. The molecule has 0 spiro atoms. The van der Waals surface area contributed by atoms with Gasteiger partial charge in [0.25, 0.3) is 0 Å². The minimum atomic E-state index is -0.951. The number of fused-ring (bicyclic) bond motifs is 2. The zero-order valence-electron chi connectivity index (χ0n) is 14.0. The van der Waals surface area contributed by atoms with E-state index >= 15 is 0 Å². The number of aliphatic hydroxyl groups is 2. The molecule has 6 heteroatoms. The van der Waals surface area contributed by atoms with Crippen molar-refractivity contribution in [3.05, 3.63) is 76.6 Å². The number of hydrogen-bond donors (Lipinski definition) is 2. The fraction of sp³-hybridized carbons (Fsp3) is 0.143. The Morgan fingerprint density at radius 3 is 1.96 bits per heavy atom. The Hall–Kier alpha value is -3.54. The summed E-state index contributed by atoms with van der Waals surface area (Å²) in [4.78, 5) is 50.0. The molecule has 0 saturated carbocycles. The van der Waals surface area contributed by atoms with Gasteiger partial charge in [-0.2, -0.15) is 0 Å². The van der Waals surface area contributed by atoms with E-state index in [0.717, 1.165) is 0 Å². The number of hydrogen-bond acceptors (Lipinski definition) is 6. The number of carbonyl (C=O) groups is 4. The quantitative estimate of drug-likeness (QED) is 0.782. The van der Waals surface area contributed by atoms with Crippen molar-refractivity contribution in [2.24, 2.45) is 11.8 Å². The molecule has 0 bridgehead atoms. The van der Waals surface area contributed by atoms with Crippen LogP contribution in [0.2, 0.25) is 0 Å². The molecule has 0 aromatic heterocycles. The molecule has 3 aliphatic carbocycles. The first-order chi connectivity index (χ1) is 12.9. The van der Waals surface area contributed by atoms with Crippen LogP contribution in [0.3, 0.4) is 0 Å². The largest absolute Gasteiger partial charge is 0.507 e. The van der Waals surface area contributed by atoms with Crippen molar-refractivity contribution in [3.63, 3.8) is 0 Å². The fourth-order valence-electron chi connectivity index (χ4n) is 3.66. The minimum Gasteiger partial charge on any atom is -0.507 e. The molecule has 0 saturated heterocycles. The Morgan fingerprint density at radius 1 is 0.704 bits per heavy atom. The normalized spacial score (nSPS) is 24.4. The lowest BCUT2D eigenvalue weighted by Gasteiger charge is -2.28.